The minimum Gasteiger partial charge on any atom is -0.384 e. The van der Waals surface area contributed by atoms with Crippen molar-refractivity contribution in [2.75, 3.05) is 38.3 Å². The zero-order valence-corrected chi connectivity index (χ0v) is 12.2. The van der Waals surface area contributed by atoms with Gasteiger partial charge in [-0.25, -0.2) is 4.98 Å². The van der Waals surface area contributed by atoms with E-state index >= 15 is 0 Å². The van der Waals surface area contributed by atoms with Gasteiger partial charge in [-0.2, -0.15) is 0 Å². The first-order valence-corrected chi connectivity index (χ1v) is 7.17. The van der Waals surface area contributed by atoms with E-state index in [0.717, 1.165) is 32.1 Å². The number of hydrogen-bond acceptors (Lipinski definition) is 4. The molecule has 1 saturated heterocycles. The summed E-state index contributed by atoms with van der Waals surface area (Å²) in [6.07, 6.45) is 3.19. The molecule has 2 rings (SSSR count). The third kappa shape index (κ3) is 3.67. The predicted octanol–water partition coefficient (Wildman–Crippen LogP) is 2.22. The van der Waals surface area contributed by atoms with E-state index in [0.29, 0.717) is 12.0 Å². The normalized spacial score (nSPS) is 20.8. The molecule has 1 aliphatic heterocycles. The Morgan fingerprint density at radius 2 is 2.37 bits per heavy atom. The van der Waals surface area contributed by atoms with E-state index in [1.165, 1.54) is 12.0 Å². The van der Waals surface area contributed by atoms with Gasteiger partial charge in [0.2, 0.25) is 0 Å². The maximum Gasteiger partial charge on any atom is 0.128 e. The van der Waals surface area contributed by atoms with Gasteiger partial charge in [0, 0.05) is 38.4 Å². The van der Waals surface area contributed by atoms with Crippen LogP contribution in [0.15, 0.2) is 18.3 Å². The van der Waals surface area contributed by atoms with Gasteiger partial charge in [0.1, 0.15) is 5.82 Å². The van der Waals surface area contributed by atoms with Crippen LogP contribution < -0.4 is 10.2 Å². The van der Waals surface area contributed by atoms with E-state index in [-0.39, 0.29) is 0 Å². The van der Waals surface area contributed by atoms with Gasteiger partial charge in [-0.1, -0.05) is 13.0 Å². The molecule has 19 heavy (non-hydrogen) atoms. The van der Waals surface area contributed by atoms with Gasteiger partial charge in [-0.05, 0) is 31.5 Å². The zero-order chi connectivity index (χ0) is 13.7. The predicted molar refractivity (Wildman–Crippen MR) is 78.5 cm³/mol. The third-order valence-electron chi connectivity index (χ3n) is 3.79. The molecule has 1 N–H and O–H groups in total. The van der Waals surface area contributed by atoms with E-state index in [2.05, 4.69) is 41.2 Å². The van der Waals surface area contributed by atoms with Crippen LogP contribution in [0.1, 0.15) is 31.9 Å². The Hall–Kier alpha value is -1.13. The Bertz CT molecular complexity index is 379. The Balaban J connectivity index is 1.95. The molecule has 2 unspecified atom stereocenters. The Kier molecular flexibility index (Phi) is 5.16. The fourth-order valence-corrected chi connectivity index (χ4v) is 2.68. The highest BCUT2D eigenvalue weighted by Crippen LogP contribution is 2.23. The number of anilines is 1. The van der Waals surface area contributed by atoms with E-state index in [4.69, 9.17) is 4.74 Å². The van der Waals surface area contributed by atoms with Gasteiger partial charge < -0.3 is 15.0 Å². The molecule has 4 heteroatoms. The van der Waals surface area contributed by atoms with E-state index in [9.17, 15) is 0 Å². The van der Waals surface area contributed by atoms with E-state index in [1.54, 1.807) is 7.11 Å². The van der Waals surface area contributed by atoms with Crippen molar-refractivity contribution in [3.05, 3.63) is 23.9 Å². The smallest absolute Gasteiger partial charge is 0.128 e. The maximum absolute atomic E-state index is 5.23. The Labute approximate surface area is 116 Å². The lowest BCUT2D eigenvalue weighted by molar-refractivity contribution is 0.161. The number of methoxy groups -OCH3 is 1. The van der Waals surface area contributed by atoms with Gasteiger partial charge in [-0.15, -0.1) is 0 Å². The molecule has 4 nitrogen and oxygen atoms in total. The summed E-state index contributed by atoms with van der Waals surface area (Å²) >= 11 is 0. The molecule has 0 spiro atoms. The molecule has 0 saturated carbocycles. The summed E-state index contributed by atoms with van der Waals surface area (Å²) in [4.78, 5) is 6.96. The van der Waals surface area contributed by atoms with Crippen LogP contribution in [-0.4, -0.2) is 38.3 Å². The monoisotopic (exact) mass is 263 g/mol. The molecule has 0 aromatic carbocycles. The Morgan fingerprint density at radius 1 is 1.53 bits per heavy atom. The second kappa shape index (κ2) is 6.87. The first-order chi connectivity index (χ1) is 9.24. The summed E-state index contributed by atoms with van der Waals surface area (Å²) in [5, 5.41) is 3.40. The molecule has 1 aromatic heterocycles. The number of rotatable bonds is 6. The molecule has 0 radical (unpaired) electrons. The number of nitrogens with zero attached hydrogens (tertiary/aromatic N) is 2. The number of ether oxygens (including phenoxy) is 1. The van der Waals surface area contributed by atoms with Crippen molar-refractivity contribution >= 4 is 5.82 Å². The lowest BCUT2D eigenvalue weighted by Gasteiger charge is -2.19. The topological polar surface area (TPSA) is 37.4 Å². The van der Waals surface area contributed by atoms with Crippen LogP contribution >= 0.6 is 0 Å². The standard InChI is InChI=1S/C15H25N3O/c1-4-16-12(2)14-5-6-15(17-9-14)18-8-7-13(10-18)11-19-3/h5-6,9,12-13,16H,4,7-8,10-11H2,1-3H3. The summed E-state index contributed by atoms with van der Waals surface area (Å²) in [6, 6.07) is 4.68. The minimum absolute atomic E-state index is 0.367. The van der Waals surface area contributed by atoms with Crippen LogP contribution in [0.3, 0.4) is 0 Å². The fourth-order valence-electron chi connectivity index (χ4n) is 2.68. The highest BCUT2D eigenvalue weighted by Gasteiger charge is 2.23. The molecule has 106 valence electrons. The number of nitrogens with one attached hydrogen (secondary N) is 1. The van der Waals surface area contributed by atoms with E-state index in [1.807, 2.05) is 6.20 Å². The second-order valence-electron chi connectivity index (χ2n) is 5.29. The molecular formula is C15H25N3O. The molecule has 0 aliphatic carbocycles. The van der Waals surface area contributed by atoms with Crippen molar-refractivity contribution in [2.45, 2.75) is 26.3 Å². The minimum atomic E-state index is 0.367. The number of aromatic nitrogens is 1. The quantitative estimate of drug-likeness (QED) is 0.854. The van der Waals surface area contributed by atoms with Crippen molar-refractivity contribution in [3.8, 4) is 0 Å². The second-order valence-corrected chi connectivity index (χ2v) is 5.29. The number of hydrogen-bond donors (Lipinski definition) is 1. The third-order valence-corrected chi connectivity index (χ3v) is 3.79. The summed E-state index contributed by atoms with van der Waals surface area (Å²) < 4.78 is 5.23. The molecule has 1 aliphatic rings. The van der Waals surface area contributed by atoms with Crippen molar-refractivity contribution < 1.29 is 4.74 Å². The fraction of sp³-hybridized carbons (Fsp3) is 0.667. The van der Waals surface area contributed by atoms with Gasteiger partial charge in [0.25, 0.3) is 0 Å². The first kappa shape index (κ1) is 14.3. The largest absolute Gasteiger partial charge is 0.384 e. The van der Waals surface area contributed by atoms with Crippen molar-refractivity contribution in [1.82, 2.24) is 10.3 Å². The summed E-state index contributed by atoms with van der Waals surface area (Å²) in [5.41, 5.74) is 1.25. The highest BCUT2D eigenvalue weighted by molar-refractivity contribution is 5.41. The van der Waals surface area contributed by atoms with Gasteiger partial charge >= 0.3 is 0 Å². The molecule has 1 aromatic rings. The van der Waals surface area contributed by atoms with Crippen LogP contribution in [0.25, 0.3) is 0 Å². The Morgan fingerprint density at radius 3 is 3.00 bits per heavy atom. The molecule has 2 atom stereocenters. The average Bonchev–Trinajstić information content (AvgIpc) is 2.88. The van der Waals surface area contributed by atoms with Crippen LogP contribution in [0, 0.1) is 5.92 Å². The highest BCUT2D eigenvalue weighted by atomic mass is 16.5. The van der Waals surface area contributed by atoms with Crippen LogP contribution in [0.2, 0.25) is 0 Å². The molecule has 0 bridgehead atoms. The van der Waals surface area contributed by atoms with Crippen molar-refractivity contribution in [3.63, 3.8) is 0 Å². The molecular weight excluding hydrogens is 238 g/mol. The van der Waals surface area contributed by atoms with Crippen LogP contribution in [0.4, 0.5) is 5.82 Å². The summed E-state index contributed by atoms with van der Waals surface area (Å²) in [5.74, 6) is 1.73. The van der Waals surface area contributed by atoms with Crippen LogP contribution in [-0.2, 0) is 4.74 Å². The SMILES string of the molecule is CCNC(C)c1ccc(N2CCC(COC)C2)nc1. The van der Waals surface area contributed by atoms with Crippen LogP contribution in [0.5, 0.6) is 0 Å². The average molecular weight is 263 g/mol. The van der Waals surface area contributed by atoms with Gasteiger partial charge in [0.05, 0.1) is 6.61 Å². The van der Waals surface area contributed by atoms with Crippen molar-refractivity contribution in [2.24, 2.45) is 5.92 Å². The maximum atomic E-state index is 5.23. The zero-order valence-electron chi connectivity index (χ0n) is 12.2. The summed E-state index contributed by atoms with van der Waals surface area (Å²) in [6.45, 7) is 8.27. The van der Waals surface area contributed by atoms with Crippen molar-refractivity contribution in [1.29, 1.82) is 0 Å². The first-order valence-electron chi connectivity index (χ1n) is 7.17. The van der Waals surface area contributed by atoms with Gasteiger partial charge in [-0.3, -0.25) is 0 Å². The summed E-state index contributed by atoms with van der Waals surface area (Å²) in [7, 11) is 1.78. The van der Waals surface area contributed by atoms with Gasteiger partial charge in [0.15, 0.2) is 0 Å². The number of pyridine rings is 1. The lowest BCUT2D eigenvalue weighted by atomic mass is 10.1. The molecule has 2 heterocycles. The molecule has 1 fully saturated rings. The van der Waals surface area contributed by atoms with E-state index < -0.39 is 0 Å². The lowest BCUT2D eigenvalue weighted by Crippen LogP contribution is -2.22. The molecule has 0 amide bonds.